The minimum absolute atomic E-state index is 0.0246. The molecular formula is C15H18O3. The van der Waals surface area contributed by atoms with E-state index < -0.39 is 5.92 Å². The number of rotatable bonds is 1. The van der Waals surface area contributed by atoms with E-state index >= 15 is 0 Å². The van der Waals surface area contributed by atoms with Crippen LogP contribution in [-0.2, 0) is 14.3 Å². The topological polar surface area (TPSA) is 43.4 Å². The van der Waals surface area contributed by atoms with Gasteiger partial charge in [0.25, 0.3) is 0 Å². The van der Waals surface area contributed by atoms with Gasteiger partial charge in [-0.1, -0.05) is 24.3 Å². The molecule has 0 aromatic heterocycles. The molecule has 3 nitrogen and oxygen atoms in total. The van der Waals surface area contributed by atoms with E-state index in [1.54, 1.807) is 0 Å². The van der Waals surface area contributed by atoms with E-state index in [0.29, 0.717) is 5.92 Å². The molecule has 2 saturated carbocycles. The van der Waals surface area contributed by atoms with Crippen LogP contribution in [0.4, 0.5) is 0 Å². The number of hydrogen-bond donors (Lipinski definition) is 0. The molecule has 0 N–H and O–H groups in total. The fourth-order valence-electron chi connectivity index (χ4n) is 3.95. The van der Waals surface area contributed by atoms with Gasteiger partial charge in [-0.2, -0.15) is 0 Å². The quantitative estimate of drug-likeness (QED) is 0.308. The number of fused-ring (bicyclic) bond motifs is 3. The van der Waals surface area contributed by atoms with Crippen molar-refractivity contribution in [2.24, 2.45) is 23.7 Å². The highest BCUT2D eigenvalue weighted by molar-refractivity contribution is 5.90. The highest BCUT2D eigenvalue weighted by atomic mass is 16.6. The van der Waals surface area contributed by atoms with Crippen LogP contribution in [0.3, 0.4) is 0 Å². The number of hydrogen-bond acceptors (Lipinski definition) is 3. The Hall–Kier alpha value is -1.38. The van der Waals surface area contributed by atoms with Crippen molar-refractivity contribution in [1.29, 1.82) is 0 Å². The highest BCUT2D eigenvalue weighted by Crippen LogP contribution is 2.51. The summed E-state index contributed by atoms with van der Waals surface area (Å²) in [7, 11) is 0. The van der Waals surface area contributed by atoms with Crippen LogP contribution < -0.4 is 0 Å². The van der Waals surface area contributed by atoms with Gasteiger partial charge in [0.05, 0.1) is 0 Å². The Labute approximate surface area is 107 Å². The molecule has 3 fully saturated rings. The van der Waals surface area contributed by atoms with E-state index in [9.17, 15) is 9.59 Å². The molecule has 0 spiro atoms. The van der Waals surface area contributed by atoms with Gasteiger partial charge >= 0.3 is 5.97 Å². The van der Waals surface area contributed by atoms with Gasteiger partial charge in [-0.3, -0.25) is 4.79 Å². The number of esters is 1. The molecule has 1 heterocycles. The van der Waals surface area contributed by atoms with Crippen LogP contribution in [0.5, 0.6) is 0 Å². The molecule has 96 valence electrons. The maximum absolute atomic E-state index is 11.8. The van der Waals surface area contributed by atoms with E-state index in [2.05, 4.69) is 13.2 Å². The normalized spacial score (nSPS) is 43.1. The largest absolute Gasteiger partial charge is 0.461 e. The van der Waals surface area contributed by atoms with Crippen LogP contribution in [-0.4, -0.2) is 18.4 Å². The summed E-state index contributed by atoms with van der Waals surface area (Å²) in [6.07, 6.45) is 4.39. The number of allylic oxidation sites excluding steroid dienone is 1. The minimum Gasteiger partial charge on any atom is -0.461 e. The van der Waals surface area contributed by atoms with E-state index in [4.69, 9.17) is 4.74 Å². The lowest BCUT2D eigenvalue weighted by Gasteiger charge is -2.26. The molecule has 3 aliphatic rings. The first-order chi connectivity index (χ1) is 8.63. The van der Waals surface area contributed by atoms with Crippen molar-refractivity contribution < 1.29 is 14.3 Å². The van der Waals surface area contributed by atoms with Crippen molar-refractivity contribution in [3.63, 3.8) is 0 Å². The summed E-state index contributed by atoms with van der Waals surface area (Å²) in [5.41, 5.74) is 2.41. The Morgan fingerprint density at radius 1 is 1.17 bits per heavy atom. The Bertz CT molecular complexity index is 437. The van der Waals surface area contributed by atoms with Gasteiger partial charge in [-0.15, -0.1) is 0 Å². The van der Waals surface area contributed by atoms with Gasteiger partial charge in [0.15, 0.2) is 0 Å². The number of ether oxygens (including phenoxy) is 1. The predicted molar refractivity (Wildman–Crippen MR) is 66.7 cm³/mol. The molecule has 0 amide bonds. The van der Waals surface area contributed by atoms with Crippen LogP contribution in [0.25, 0.3) is 0 Å². The number of aldehydes is 1. The van der Waals surface area contributed by atoms with Crippen LogP contribution in [0.1, 0.15) is 25.7 Å². The zero-order valence-corrected chi connectivity index (χ0v) is 10.4. The van der Waals surface area contributed by atoms with Crippen molar-refractivity contribution in [2.75, 3.05) is 0 Å². The van der Waals surface area contributed by atoms with Gasteiger partial charge in [0.1, 0.15) is 18.3 Å². The van der Waals surface area contributed by atoms with Gasteiger partial charge < -0.3 is 9.53 Å². The fourth-order valence-corrected chi connectivity index (χ4v) is 3.95. The van der Waals surface area contributed by atoms with Crippen molar-refractivity contribution >= 4 is 12.3 Å². The first kappa shape index (κ1) is 11.7. The Balaban J connectivity index is 1.98. The number of carbonyl (C=O) groups excluding carboxylic acids is 2. The number of carbonyl (C=O) groups is 2. The molecule has 0 radical (unpaired) electrons. The summed E-state index contributed by atoms with van der Waals surface area (Å²) in [6, 6.07) is 0. The van der Waals surface area contributed by atoms with Gasteiger partial charge in [0, 0.05) is 11.8 Å². The van der Waals surface area contributed by atoms with Crippen LogP contribution in [0, 0.1) is 23.7 Å². The Kier molecular flexibility index (Phi) is 2.65. The van der Waals surface area contributed by atoms with Crippen LogP contribution in [0.2, 0.25) is 0 Å². The standard InChI is InChI=1S/C15H18O3/c1-8-3-6-11-12(7-16)15(17)18-14(11)13-9(2)4-5-10(8)13/h7,10-14H,1-6H2/t10-,11-,12+,13-,14-/m0/s1. The maximum atomic E-state index is 11.8. The summed E-state index contributed by atoms with van der Waals surface area (Å²) in [4.78, 5) is 22.8. The van der Waals surface area contributed by atoms with Crippen molar-refractivity contribution in [3.05, 3.63) is 24.3 Å². The average molecular weight is 246 g/mol. The third-order valence-corrected chi connectivity index (χ3v) is 4.91. The lowest BCUT2D eigenvalue weighted by atomic mass is 9.80. The second kappa shape index (κ2) is 4.08. The van der Waals surface area contributed by atoms with E-state index in [1.807, 2.05) is 0 Å². The molecule has 5 atom stereocenters. The third kappa shape index (κ3) is 1.49. The fraction of sp³-hybridized carbons (Fsp3) is 0.600. The molecule has 0 bridgehead atoms. The third-order valence-electron chi connectivity index (χ3n) is 4.91. The molecule has 3 rings (SSSR count). The summed E-state index contributed by atoms with van der Waals surface area (Å²) in [5, 5.41) is 0. The van der Waals surface area contributed by atoms with Gasteiger partial charge in [-0.05, 0) is 31.6 Å². The molecule has 0 aromatic rings. The first-order valence-corrected chi connectivity index (χ1v) is 6.64. The Morgan fingerprint density at radius 2 is 1.89 bits per heavy atom. The lowest BCUT2D eigenvalue weighted by Crippen LogP contribution is -2.30. The van der Waals surface area contributed by atoms with Gasteiger partial charge in [-0.25, -0.2) is 0 Å². The van der Waals surface area contributed by atoms with Crippen molar-refractivity contribution in [2.45, 2.75) is 31.8 Å². The molecule has 1 saturated heterocycles. The predicted octanol–water partition coefficient (Wildman–Crippen LogP) is 2.28. The second-order valence-corrected chi connectivity index (χ2v) is 5.75. The first-order valence-electron chi connectivity index (χ1n) is 6.64. The summed E-state index contributed by atoms with van der Waals surface area (Å²) in [6.45, 7) is 8.31. The molecule has 18 heavy (non-hydrogen) atoms. The van der Waals surface area contributed by atoms with Gasteiger partial charge in [0.2, 0.25) is 0 Å². The monoisotopic (exact) mass is 246 g/mol. The molecule has 0 aromatic carbocycles. The van der Waals surface area contributed by atoms with E-state index in [-0.39, 0.29) is 23.9 Å². The molecule has 3 heteroatoms. The van der Waals surface area contributed by atoms with Crippen LogP contribution >= 0.6 is 0 Å². The Morgan fingerprint density at radius 3 is 2.61 bits per heavy atom. The van der Waals surface area contributed by atoms with Crippen LogP contribution in [0.15, 0.2) is 24.3 Å². The lowest BCUT2D eigenvalue weighted by molar-refractivity contribution is -0.146. The second-order valence-electron chi connectivity index (χ2n) is 5.75. The summed E-state index contributed by atoms with van der Waals surface area (Å²) in [5.74, 6) is -0.304. The molecule has 0 unspecified atom stereocenters. The van der Waals surface area contributed by atoms with Crippen molar-refractivity contribution in [3.8, 4) is 0 Å². The highest BCUT2D eigenvalue weighted by Gasteiger charge is 2.53. The van der Waals surface area contributed by atoms with E-state index in [0.717, 1.165) is 37.5 Å². The minimum atomic E-state index is -0.574. The SMILES string of the molecule is C=C1CC[C@H]2C(=C)CC[C@@H]3[C@H](OC(=O)[C@@H]3C=O)[C@@H]12. The zero-order valence-electron chi connectivity index (χ0n) is 10.4. The van der Waals surface area contributed by atoms with E-state index in [1.165, 1.54) is 5.57 Å². The summed E-state index contributed by atoms with van der Waals surface area (Å²) >= 11 is 0. The maximum Gasteiger partial charge on any atom is 0.316 e. The zero-order chi connectivity index (χ0) is 12.9. The molecule has 2 aliphatic carbocycles. The average Bonchev–Trinajstić information content (AvgIpc) is 2.82. The smallest absolute Gasteiger partial charge is 0.316 e. The molecule has 1 aliphatic heterocycles. The molecular weight excluding hydrogens is 228 g/mol. The van der Waals surface area contributed by atoms with Crippen molar-refractivity contribution in [1.82, 2.24) is 0 Å². The summed E-state index contributed by atoms with van der Waals surface area (Å²) < 4.78 is 5.51.